The summed E-state index contributed by atoms with van der Waals surface area (Å²) in [5.41, 5.74) is 11.2. The Morgan fingerprint density at radius 2 is 1.85 bits per heavy atom. The van der Waals surface area contributed by atoms with Crippen LogP contribution in [0, 0.1) is 0 Å². The maximum atomic E-state index is 11.0. The Morgan fingerprint density at radius 1 is 1.07 bits per heavy atom. The number of rotatable bonds is 4. The molecule has 0 unspecified atom stereocenters. The van der Waals surface area contributed by atoms with Gasteiger partial charge in [0.1, 0.15) is 0 Å². The first-order valence-electron chi connectivity index (χ1n) is 8.27. The molecule has 3 aromatic carbocycles. The molecule has 6 heteroatoms. The molecule has 0 saturated heterocycles. The van der Waals surface area contributed by atoms with E-state index in [0.717, 1.165) is 32.5 Å². The average Bonchev–Trinajstić information content (AvgIpc) is 3.01. The van der Waals surface area contributed by atoms with Crippen LogP contribution in [0.3, 0.4) is 0 Å². The smallest absolute Gasteiger partial charge is 0.335 e. The van der Waals surface area contributed by atoms with Crippen LogP contribution >= 0.6 is 22.9 Å². The maximum absolute atomic E-state index is 11.0. The number of carboxylic acid groups (broad SMARTS) is 1. The number of halogens is 1. The van der Waals surface area contributed by atoms with Gasteiger partial charge < -0.3 is 10.8 Å². The van der Waals surface area contributed by atoms with E-state index >= 15 is 0 Å². The molecule has 0 spiro atoms. The van der Waals surface area contributed by atoms with E-state index in [1.807, 2.05) is 36.4 Å². The maximum Gasteiger partial charge on any atom is 0.335 e. The van der Waals surface area contributed by atoms with Gasteiger partial charge in [0, 0.05) is 10.6 Å². The Morgan fingerprint density at radius 3 is 2.56 bits per heavy atom. The van der Waals surface area contributed by atoms with Gasteiger partial charge in [0.25, 0.3) is 0 Å². The minimum atomic E-state index is -0.925. The van der Waals surface area contributed by atoms with E-state index in [4.69, 9.17) is 22.4 Å². The molecule has 0 aliphatic heterocycles. The number of aromatic carboxylic acids is 1. The Kier molecular flexibility index (Phi) is 4.56. The molecule has 27 heavy (non-hydrogen) atoms. The van der Waals surface area contributed by atoms with Crippen molar-refractivity contribution >= 4 is 44.3 Å². The number of anilines is 1. The highest BCUT2D eigenvalue weighted by Crippen LogP contribution is 2.35. The summed E-state index contributed by atoms with van der Waals surface area (Å²) >= 11 is 7.62. The fourth-order valence-corrected chi connectivity index (χ4v) is 4.10. The molecule has 0 radical (unpaired) electrons. The SMILES string of the molecule is Nc1nc2c(-c3cccc(Cl)c3)cc(Cc3ccc(C(=O)O)cc3)cc2s1. The topological polar surface area (TPSA) is 76.2 Å². The highest BCUT2D eigenvalue weighted by Gasteiger charge is 2.12. The molecule has 134 valence electrons. The predicted molar refractivity (Wildman–Crippen MR) is 111 cm³/mol. The van der Waals surface area contributed by atoms with Crippen LogP contribution in [-0.2, 0) is 6.42 Å². The van der Waals surface area contributed by atoms with Crippen LogP contribution < -0.4 is 5.73 Å². The molecule has 0 bridgehead atoms. The van der Waals surface area contributed by atoms with E-state index < -0.39 is 5.97 Å². The standard InChI is InChI=1S/C21H15ClN2O2S/c22-16-3-1-2-15(11-16)17-9-13(10-18-19(17)24-21(23)27-18)8-12-4-6-14(7-5-12)20(25)26/h1-7,9-11H,8H2,(H2,23,24)(H,25,26). The van der Waals surface area contributed by atoms with Crippen molar-refractivity contribution in [3.63, 3.8) is 0 Å². The van der Waals surface area contributed by atoms with E-state index in [-0.39, 0.29) is 5.56 Å². The van der Waals surface area contributed by atoms with Crippen LogP contribution in [-0.4, -0.2) is 16.1 Å². The van der Waals surface area contributed by atoms with Gasteiger partial charge in [-0.1, -0.05) is 47.2 Å². The Labute approximate surface area is 164 Å². The van der Waals surface area contributed by atoms with Crippen molar-refractivity contribution in [1.29, 1.82) is 0 Å². The van der Waals surface area contributed by atoms with Crippen molar-refractivity contribution in [3.8, 4) is 11.1 Å². The van der Waals surface area contributed by atoms with Crippen LogP contribution in [0.25, 0.3) is 21.3 Å². The van der Waals surface area contributed by atoms with Gasteiger partial charge in [0.15, 0.2) is 5.13 Å². The van der Waals surface area contributed by atoms with Gasteiger partial charge in [-0.25, -0.2) is 9.78 Å². The van der Waals surface area contributed by atoms with E-state index in [2.05, 4.69) is 17.1 Å². The predicted octanol–water partition coefficient (Wildman–Crippen LogP) is 5.49. The third-order valence-corrected chi connectivity index (χ3v) is 5.38. The Hall–Kier alpha value is -2.89. The van der Waals surface area contributed by atoms with Gasteiger partial charge >= 0.3 is 5.97 Å². The number of hydrogen-bond donors (Lipinski definition) is 2. The molecule has 4 nitrogen and oxygen atoms in total. The lowest BCUT2D eigenvalue weighted by Crippen LogP contribution is -1.96. The molecular formula is C21H15ClN2O2S. The molecule has 0 atom stereocenters. The first-order valence-corrected chi connectivity index (χ1v) is 9.46. The highest BCUT2D eigenvalue weighted by atomic mass is 35.5. The van der Waals surface area contributed by atoms with Gasteiger partial charge in [0.05, 0.1) is 15.8 Å². The number of aromatic nitrogens is 1. The molecule has 1 aromatic heterocycles. The number of thiazole rings is 1. The normalized spacial score (nSPS) is 11.0. The number of hydrogen-bond acceptors (Lipinski definition) is 4. The van der Waals surface area contributed by atoms with Crippen LogP contribution in [0.4, 0.5) is 5.13 Å². The summed E-state index contributed by atoms with van der Waals surface area (Å²) in [6.07, 6.45) is 0.682. The largest absolute Gasteiger partial charge is 0.478 e. The molecule has 0 aliphatic rings. The van der Waals surface area contributed by atoms with E-state index in [0.29, 0.717) is 16.6 Å². The van der Waals surface area contributed by atoms with Crippen molar-refractivity contribution in [2.24, 2.45) is 0 Å². The van der Waals surface area contributed by atoms with Crippen molar-refractivity contribution in [2.45, 2.75) is 6.42 Å². The fraction of sp³-hybridized carbons (Fsp3) is 0.0476. The Bertz CT molecular complexity index is 1150. The molecule has 0 saturated carbocycles. The highest BCUT2D eigenvalue weighted by molar-refractivity contribution is 7.22. The first kappa shape index (κ1) is 17.5. The van der Waals surface area contributed by atoms with Gasteiger partial charge in [-0.2, -0.15) is 0 Å². The summed E-state index contributed by atoms with van der Waals surface area (Å²) < 4.78 is 1.02. The zero-order chi connectivity index (χ0) is 19.0. The molecule has 0 amide bonds. The second-order valence-electron chi connectivity index (χ2n) is 6.23. The minimum Gasteiger partial charge on any atom is -0.478 e. The van der Waals surface area contributed by atoms with Crippen molar-refractivity contribution in [1.82, 2.24) is 4.98 Å². The molecule has 4 rings (SSSR count). The van der Waals surface area contributed by atoms with Crippen molar-refractivity contribution in [2.75, 3.05) is 5.73 Å². The molecule has 0 fully saturated rings. The number of nitrogen functional groups attached to an aromatic ring is 1. The number of nitrogens with zero attached hydrogens (tertiary/aromatic N) is 1. The number of benzene rings is 3. The van der Waals surface area contributed by atoms with Crippen LogP contribution in [0.5, 0.6) is 0 Å². The van der Waals surface area contributed by atoms with Gasteiger partial charge in [-0.05, 0) is 59.5 Å². The summed E-state index contributed by atoms with van der Waals surface area (Å²) in [6.45, 7) is 0. The molecule has 4 aromatic rings. The van der Waals surface area contributed by atoms with Gasteiger partial charge in [0.2, 0.25) is 0 Å². The van der Waals surface area contributed by atoms with Crippen molar-refractivity contribution in [3.05, 3.63) is 82.4 Å². The lowest BCUT2D eigenvalue weighted by molar-refractivity contribution is 0.0697. The molecular weight excluding hydrogens is 380 g/mol. The Balaban J connectivity index is 1.78. The van der Waals surface area contributed by atoms with Crippen LogP contribution in [0.2, 0.25) is 5.02 Å². The third kappa shape index (κ3) is 3.65. The lowest BCUT2D eigenvalue weighted by atomic mass is 9.97. The first-order chi connectivity index (χ1) is 13.0. The zero-order valence-corrected chi connectivity index (χ0v) is 15.7. The van der Waals surface area contributed by atoms with Crippen LogP contribution in [0.1, 0.15) is 21.5 Å². The number of carbonyl (C=O) groups is 1. The average molecular weight is 395 g/mol. The summed E-state index contributed by atoms with van der Waals surface area (Å²) in [4.78, 5) is 15.5. The number of fused-ring (bicyclic) bond motifs is 1. The summed E-state index contributed by atoms with van der Waals surface area (Å²) in [7, 11) is 0. The van der Waals surface area contributed by atoms with Gasteiger partial charge in [-0.15, -0.1) is 0 Å². The lowest BCUT2D eigenvalue weighted by Gasteiger charge is -2.08. The second-order valence-corrected chi connectivity index (χ2v) is 7.73. The van der Waals surface area contributed by atoms with E-state index in [1.54, 1.807) is 12.1 Å². The van der Waals surface area contributed by atoms with E-state index in [9.17, 15) is 4.79 Å². The zero-order valence-electron chi connectivity index (χ0n) is 14.1. The fourth-order valence-electron chi connectivity index (χ4n) is 3.08. The monoisotopic (exact) mass is 394 g/mol. The van der Waals surface area contributed by atoms with Crippen molar-refractivity contribution < 1.29 is 9.90 Å². The summed E-state index contributed by atoms with van der Waals surface area (Å²) in [6, 6.07) is 18.8. The minimum absolute atomic E-state index is 0.282. The molecule has 0 aliphatic carbocycles. The van der Waals surface area contributed by atoms with Gasteiger partial charge in [-0.3, -0.25) is 0 Å². The summed E-state index contributed by atoms with van der Waals surface area (Å²) in [5, 5.41) is 10.2. The molecule has 1 heterocycles. The third-order valence-electron chi connectivity index (χ3n) is 4.32. The quantitative estimate of drug-likeness (QED) is 0.480. The molecule has 3 N–H and O–H groups in total. The second kappa shape index (κ2) is 7.02. The van der Waals surface area contributed by atoms with E-state index in [1.165, 1.54) is 11.3 Å². The summed E-state index contributed by atoms with van der Waals surface area (Å²) in [5.74, 6) is -0.925. The van der Waals surface area contributed by atoms with Crippen LogP contribution in [0.15, 0.2) is 60.7 Å². The number of nitrogens with two attached hydrogens (primary N) is 1. The number of carboxylic acids is 1.